The van der Waals surface area contributed by atoms with Crippen molar-refractivity contribution >= 4 is 64.3 Å². The average Bonchev–Trinajstić information content (AvgIpc) is 2.86. The molecule has 0 bridgehead atoms. The van der Waals surface area contributed by atoms with Crippen molar-refractivity contribution in [1.82, 2.24) is 15.0 Å². The molecule has 0 fully saturated rings. The first-order chi connectivity index (χ1) is 12.3. The van der Waals surface area contributed by atoms with E-state index in [0.717, 1.165) is 4.90 Å². The molecule has 1 aliphatic rings. The number of pyridine rings is 1. The summed E-state index contributed by atoms with van der Waals surface area (Å²) in [6.45, 7) is -0.538. The number of halogens is 4. The van der Waals surface area contributed by atoms with Gasteiger partial charge in [0, 0.05) is 18.6 Å². The number of carbonyl (C=O) groups is 2. The van der Waals surface area contributed by atoms with Crippen LogP contribution in [0.4, 0.5) is 10.6 Å². The highest BCUT2D eigenvalue weighted by atomic mass is 35.6. The Kier molecular flexibility index (Phi) is 5.38. The molecule has 26 heavy (non-hydrogen) atoms. The molecule has 0 spiro atoms. The van der Waals surface area contributed by atoms with Crippen molar-refractivity contribution in [3.8, 4) is 0 Å². The molecular weight excluding hydrogens is 430 g/mol. The van der Waals surface area contributed by atoms with E-state index in [0.29, 0.717) is 5.02 Å². The average molecular weight is 438 g/mol. The molecule has 1 atom stereocenters. The summed E-state index contributed by atoms with van der Waals surface area (Å²) in [4.78, 5) is 37.8. The van der Waals surface area contributed by atoms with Crippen LogP contribution >= 0.6 is 46.4 Å². The summed E-state index contributed by atoms with van der Waals surface area (Å²) >= 11 is 22.4. The minimum Gasteiger partial charge on any atom is -0.430 e. The summed E-state index contributed by atoms with van der Waals surface area (Å²) in [6.07, 6.45) is 1.63. The van der Waals surface area contributed by atoms with E-state index in [1.807, 2.05) is 0 Å². The zero-order chi connectivity index (χ0) is 18.9. The van der Waals surface area contributed by atoms with Crippen molar-refractivity contribution in [2.24, 2.45) is 0 Å². The number of rotatable bonds is 3. The minimum absolute atomic E-state index is 0.0171. The van der Waals surface area contributed by atoms with Gasteiger partial charge in [-0.25, -0.2) is 19.7 Å². The Hall–Kier alpha value is -1.87. The molecule has 0 saturated carbocycles. The summed E-state index contributed by atoms with van der Waals surface area (Å²) < 4.78 is 8.12. The van der Waals surface area contributed by atoms with Crippen molar-refractivity contribution in [1.29, 1.82) is 0 Å². The van der Waals surface area contributed by atoms with Crippen LogP contribution in [0.2, 0.25) is 5.02 Å². The Balaban J connectivity index is 1.89. The predicted molar refractivity (Wildman–Crippen MR) is 93.6 cm³/mol. The Morgan fingerprint density at radius 3 is 2.58 bits per heavy atom. The second-order valence-corrected chi connectivity index (χ2v) is 7.88. The van der Waals surface area contributed by atoms with Gasteiger partial charge in [-0.15, -0.1) is 0 Å². The first-order valence-electron chi connectivity index (χ1n) is 6.92. The Morgan fingerprint density at radius 1 is 1.19 bits per heavy atom. The number of fused-ring (bicyclic) bond motifs is 1. The summed E-state index contributed by atoms with van der Waals surface area (Å²) in [6, 6.07) is 3.01. The lowest BCUT2D eigenvalue weighted by molar-refractivity contribution is 0.0240. The first kappa shape index (κ1) is 18.9. The predicted octanol–water partition coefficient (Wildman–Crippen LogP) is 3.71. The third-order valence-electron chi connectivity index (χ3n) is 3.14. The number of alkyl halides is 3. The van der Waals surface area contributed by atoms with Crippen LogP contribution in [-0.2, 0) is 9.47 Å². The minimum atomic E-state index is -1.81. The number of hydrogen-bond acceptors (Lipinski definition) is 7. The van der Waals surface area contributed by atoms with Crippen molar-refractivity contribution in [3.05, 3.63) is 47.1 Å². The summed E-state index contributed by atoms with van der Waals surface area (Å²) in [5.74, 6) is -0.375. The molecule has 0 saturated heterocycles. The van der Waals surface area contributed by atoms with E-state index in [4.69, 9.17) is 55.9 Å². The number of anilines is 1. The van der Waals surface area contributed by atoms with E-state index in [-0.39, 0.29) is 17.2 Å². The van der Waals surface area contributed by atoms with E-state index in [1.165, 1.54) is 30.7 Å². The molecule has 8 nitrogen and oxygen atoms in total. The van der Waals surface area contributed by atoms with Crippen molar-refractivity contribution < 1.29 is 19.1 Å². The Bertz CT molecular complexity index is 844. The number of aromatic nitrogens is 3. The van der Waals surface area contributed by atoms with Crippen LogP contribution in [0.15, 0.2) is 30.7 Å². The van der Waals surface area contributed by atoms with Crippen LogP contribution in [0.5, 0.6) is 0 Å². The zero-order valence-electron chi connectivity index (χ0n) is 12.6. The van der Waals surface area contributed by atoms with Crippen LogP contribution in [0.25, 0.3) is 0 Å². The van der Waals surface area contributed by atoms with Gasteiger partial charge in [0.15, 0.2) is 5.69 Å². The second-order valence-electron chi connectivity index (χ2n) is 4.92. The molecule has 0 unspecified atom stereocenters. The van der Waals surface area contributed by atoms with Gasteiger partial charge < -0.3 is 9.47 Å². The molecule has 2 aromatic rings. The SMILES string of the molecule is O=C(OCC(Cl)(Cl)Cl)O[C@H]1c2nccnc2C(=O)N1c1ccc(Cl)cn1. The summed E-state index contributed by atoms with van der Waals surface area (Å²) in [7, 11) is 0. The van der Waals surface area contributed by atoms with Crippen LogP contribution in [0, 0.1) is 0 Å². The molecule has 1 amide bonds. The van der Waals surface area contributed by atoms with E-state index in [1.54, 1.807) is 0 Å². The van der Waals surface area contributed by atoms with E-state index in [2.05, 4.69) is 15.0 Å². The molecule has 12 heteroatoms. The topological polar surface area (TPSA) is 94.5 Å². The van der Waals surface area contributed by atoms with Crippen molar-refractivity contribution in [2.75, 3.05) is 11.5 Å². The summed E-state index contributed by atoms with van der Waals surface area (Å²) in [5.41, 5.74) is 0.142. The van der Waals surface area contributed by atoms with Crippen LogP contribution in [0.1, 0.15) is 22.4 Å². The van der Waals surface area contributed by atoms with E-state index >= 15 is 0 Å². The highest BCUT2D eigenvalue weighted by molar-refractivity contribution is 6.67. The number of ether oxygens (including phenoxy) is 2. The number of carbonyl (C=O) groups excluding carboxylic acids is 2. The molecule has 2 aromatic heterocycles. The largest absolute Gasteiger partial charge is 0.510 e. The lowest BCUT2D eigenvalue weighted by Gasteiger charge is -2.23. The van der Waals surface area contributed by atoms with Gasteiger partial charge >= 0.3 is 6.16 Å². The normalized spacial score (nSPS) is 16.4. The van der Waals surface area contributed by atoms with Gasteiger partial charge in [-0.05, 0) is 12.1 Å². The third kappa shape index (κ3) is 4.09. The second kappa shape index (κ2) is 7.40. The van der Waals surface area contributed by atoms with Gasteiger partial charge in [0.2, 0.25) is 10.0 Å². The van der Waals surface area contributed by atoms with Gasteiger partial charge in [0.25, 0.3) is 5.91 Å². The monoisotopic (exact) mass is 436 g/mol. The van der Waals surface area contributed by atoms with Gasteiger partial charge in [-0.3, -0.25) is 9.78 Å². The van der Waals surface area contributed by atoms with Gasteiger partial charge in [0.05, 0.1) is 5.02 Å². The molecule has 1 aliphatic heterocycles. The number of nitrogens with zero attached hydrogens (tertiary/aromatic N) is 4. The first-order valence-corrected chi connectivity index (χ1v) is 8.43. The Morgan fingerprint density at radius 2 is 1.92 bits per heavy atom. The number of hydrogen-bond donors (Lipinski definition) is 0. The third-order valence-corrected chi connectivity index (χ3v) is 3.69. The fourth-order valence-electron chi connectivity index (χ4n) is 2.15. The molecule has 3 rings (SSSR count). The van der Waals surface area contributed by atoms with Gasteiger partial charge in [-0.1, -0.05) is 46.4 Å². The molecule has 3 heterocycles. The maximum Gasteiger partial charge on any atom is 0.510 e. The number of amides is 1. The molecule has 0 radical (unpaired) electrons. The zero-order valence-corrected chi connectivity index (χ0v) is 15.6. The highest BCUT2D eigenvalue weighted by Crippen LogP contribution is 2.36. The van der Waals surface area contributed by atoms with Crippen LogP contribution in [0.3, 0.4) is 0 Å². The standard InChI is InChI=1S/C14H8Cl4N4O4/c15-7-1-2-8(21-5-7)22-11(23)9-10(20-4-3-19-9)12(22)26-13(24)25-6-14(16,17)18/h1-5,12H,6H2/t12-/m0/s1. The Labute approximate surface area is 166 Å². The van der Waals surface area contributed by atoms with Crippen molar-refractivity contribution in [3.63, 3.8) is 0 Å². The maximum atomic E-state index is 12.6. The van der Waals surface area contributed by atoms with Crippen molar-refractivity contribution in [2.45, 2.75) is 10.0 Å². The quantitative estimate of drug-likeness (QED) is 0.533. The highest BCUT2D eigenvalue weighted by Gasteiger charge is 2.44. The molecule has 0 aromatic carbocycles. The van der Waals surface area contributed by atoms with Gasteiger partial charge in [-0.2, -0.15) is 0 Å². The van der Waals surface area contributed by atoms with Gasteiger partial charge in [0.1, 0.15) is 18.1 Å². The molecular formula is C14H8Cl4N4O4. The fourth-order valence-corrected chi connectivity index (χ4v) is 2.42. The van der Waals surface area contributed by atoms with Crippen LogP contribution in [-0.4, -0.2) is 37.4 Å². The maximum absolute atomic E-state index is 12.6. The molecule has 0 N–H and O–H groups in total. The lowest BCUT2D eigenvalue weighted by Crippen LogP contribution is -2.32. The summed E-state index contributed by atoms with van der Waals surface area (Å²) in [5, 5.41) is 0.369. The smallest absolute Gasteiger partial charge is 0.430 e. The lowest BCUT2D eigenvalue weighted by atomic mass is 10.3. The van der Waals surface area contributed by atoms with Crippen LogP contribution < -0.4 is 4.90 Å². The fraction of sp³-hybridized carbons (Fsp3) is 0.214. The molecule has 0 aliphatic carbocycles. The molecule has 136 valence electrons. The van der Waals surface area contributed by atoms with E-state index < -0.39 is 28.7 Å². The van der Waals surface area contributed by atoms with E-state index in [9.17, 15) is 9.59 Å².